The molecule has 0 aliphatic carbocycles. The summed E-state index contributed by atoms with van der Waals surface area (Å²) in [5.74, 6) is 0.432. The Hall–Kier alpha value is -3.00. The van der Waals surface area contributed by atoms with E-state index in [0.29, 0.717) is 39.2 Å². The molecule has 0 aliphatic rings. The van der Waals surface area contributed by atoms with Crippen molar-refractivity contribution in [2.45, 2.75) is 26.8 Å². The van der Waals surface area contributed by atoms with Crippen LogP contribution in [0.5, 0.6) is 11.5 Å². The van der Waals surface area contributed by atoms with Crippen molar-refractivity contribution in [3.05, 3.63) is 34.4 Å². The van der Waals surface area contributed by atoms with E-state index in [1.807, 2.05) is 0 Å². The third-order valence-electron chi connectivity index (χ3n) is 4.03. The predicted octanol–water partition coefficient (Wildman–Crippen LogP) is 2.92. The quantitative estimate of drug-likeness (QED) is 0.711. The molecule has 0 amide bonds. The van der Waals surface area contributed by atoms with Crippen LogP contribution in [0, 0.1) is 12.8 Å². The monoisotopic (exact) mass is 377 g/mol. The highest BCUT2D eigenvalue weighted by molar-refractivity contribution is 6.06. The Morgan fingerprint density at radius 2 is 1.81 bits per heavy atom. The summed E-state index contributed by atoms with van der Waals surface area (Å²) in [6.07, 6.45) is 1.52. The van der Waals surface area contributed by atoms with Crippen LogP contribution in [0.1, 0.15) is 19.6 Å². The number of hydrogen-bond acceptors (Lipinski definition) is 7. The minimum atomic E-state index is -0.931. The van der Waals surface area contributed by atoms with Crippen molar-refractivity contribution >= 4 is 27.9 Å². The molecule has 0 radical (unpaired) electrons. The molecule has 0 aliphatic heterocycles. The van der Waals surface area contributed by atoms with Gasteiger partial charge in [-0.1, -0.05) is 13.8 Å². The first-order valence-electron chi connectivity index (χ1n) is 8.26. The largest absolute Gasteiger partial charge is 0.495 e. The number of carboxylic acid groups (broad SMARTS) is 1. The number of furan rings is 1. The molecule has 2 aromatic heterocycles. The average molecular weight is 377 g/mol. The Morgan fingerprint density at radius 1 is 1.19 bits per heavy atom. The van der Waals surface area contributed by atoms with E-state index in [1.165, 1.54) is 26.5 Å². The van der Waals surface area contributed by atoms with Crippen molar-refractivity contribution < 1.29 is 28.2 Å². The highest BCUT2D eigenvalue weighted by Gasteiger charge is 2.22. The standard InChI is InChI=1S/C14H12O5.C5H11NO2/c1-7-6-9(15)10-11(16-2)8-4-5-18-12(8)14(17-3)13(10)19-7;1-3(2)4(6)5(7)8/h4-6H,1-3H3;3-4H,6H2,1-2H3,(H,7,8)/t;4-/m.0/s1. The summed E-state index contributed by atoms with van der Waals surface area (Å²) in [4.78, 5) is 22.2. The van der Waals surface area contributed by atoms with E-state index in [0.717, 1.165) is 0 Å². The number of carbonyl (C=O) groups is 1. The van der Waals surface area contributed by atoms with Gasteiger partial charge in [0.05, 0.1) is 25.9 Å². The zero-order valence-corrected chi connectivity index (χ0v) is 15.9. The molecule has 8 nitrogen and oxygen atoms in total. The Morgan fingerprint density at radius 3 is 2.30 bits per heavy atom. The molecule has 0 spiro atoms. The molecule has 0 bridgehead atoms. The molecule has 8 heteroatoms. The number of aliphatic carboxylic acids is 1. The SMILES string of the molecule is CC(C)[C@H](N)C(=O)O.COc1c2occc2c(OC)c2c(=O)cc(C)oc12. The van der Waals surface area contributed by atoms with E-state index >= 15 is 0 Å². The summed E-state index contributed by atoms with van der Waals surface area (Å²) >= 11 is 0. The van der Waals surface area contributed by atoms with Crippen molar-refractivity contribution in [1.29, 1.82) is 0 Å². The Balaban J connectivity index is 0.000000279. The number of carboxylic acids is 1. The van der Waals surface area contributed by atoms with Crippen molar-refractivity contribution in [3.8, 4) is 11.5 Å². The van der Waals surface area contributed by atoms with E-state index in [9.17, 15) is 9.59 Å². The number of aryl methyl sites for hydroxylation is 1. The molecule has 146 valence electrons. The molecule has 3 N–H and O–H groups in total. The fraction of sp³-hybridized carbons (Fsp3) is 0.368. The van der Waals surface area contributed by atoms with Gasteiger partial charge >= 0.3 is 5.97 Å². The molecule has 27 heavy (non-hydrogen) atoms. The second-order valence-electron chi connectivity index (χ2n) is 6.26. The molecular formula is C19H23NO7. The van der Waals surface area contributed by atoms with Crippen LogP contribution in [0.15, 0.2) is 32.0 Å². The summed E-state index contributed by atoms with van der Waals surface area (Å²) in [6, 6.07) is 2.45. The number of benzene rings is 1. The maximum absolute atomic E-state index is 12.2. The molecule has 0 saturated carbocycles. The van der Waals surface area contributed by atoms with Crippen molar-refractivity contribution in [3.63, 3.8) is 0 Å². The molecular weight excluding hydrogens is 354 g/mol. The maximum atomic E-state index is 12.2. The summed E-state index contributed by atoms with van der Waals surface area (Å²) in [5, 5.41) is 9.27. The van der Waals surface area contributed by atoms with E-state index in [1.54, 1.807) is 26.8 Å². The van der Waals surface area contributed by atoms with Crippen LogP contribution in [0.3, 0.4) is 0 Å². The van der Waals surface area contributed by atoms with E-state index in [2.05, 4.69) is 0 Å². The van der Waals surface area contributed by atoms with Gasteiger partial charge in [-0.2, -0.15) is 0 Å². The van der Waals surface area contributed by atoms with Gasteiger partial charge in [-0.05, 0) is 18.9 Å². The maximum Gasteiger partial charge on any atom is 0.320 e. The molecule has 3 aromatic rings. The summed E-state index contributed by atoms with van der Waals surface area (Å²) in [7, 11) is 3.01. The Labute approximate surface area is 155 Å². The van der Waals surface area contributed by atoms with Crippen molar-refractivity contribution in [2.24, 2.45) is 11.7 Å². The first kappa shape index (κ1) is 20.3. The number of rotatable bonds is 4. The van der Waals surface area contributed by atoms with E-state index in [4.69, 9.17) is 29.1 Å². The molecule has 1 aromatic carbocycles. The summed E-state index contributed by atoms with van der Waals surface area (Å²) in [6.45, 7) is 5.26. The van der Waals surface area contributed by atoms with Gasteiger partial charge in [-0.25, -0.2) is 0 Å². The van der Waals surface area contributed by atoms with Crippen LogP contribution in [0.4, 0.5) is 0 Å². The minimum Gasteiger partial charge on any atom is -0.495 e. The molecule has 0 fully saturated rings. The molecule has 1 atom stereocenters. The Bertz CT molecular complexity index is 1020. The molecule has 0 saturated heterocycles. The zero-order chi connectivity index (χ0) is 20.3. The summed E-state index contributed by atoms with van der Waals surface area (Å²) in [5.41, 5.74) is 5.83. The highest BCUT2D eigenvalue weighted by atomic mass is 16.5. The van der Waals surface area contributed by atoms with Crippen LogP contribution >= 0.6 is 0 Å². The first-order chi connectivity index (χ1) is 12.7. The van der Waals surface area contributed by atoms with Crippen LogP contribution in [-0.2, 0) is 4.79 Å². The first-order valence-corrected chi connectivity index (χ1v) is 8.26. The topological polar surface area (TPSA) is 125 Å². The van der Waals surface area contributed by atoms with Gasteiger partial charge < -0.3 is 29.1 Å². The lowest BCUT2D eigenvalue weighted by Crippen LogP contribution is -2.34. The normalized spacial score (nSPS) is 12.0. The third-order valence-corrected chi connectivity index (χ3v) is 4.03. The lowest BCUT2D eigenvalue weighted by molar-refractivity contribution is -0.139. The second kappa shape index (κ2) is 8.13. The van der Waals surface area contributed by atoms with Crippen molar-refractivity contribution in [2.75, 3.05) is 14.2 Å². The van der Waals surface area contributed by atoms with Gasteiger partial charge in [0.2, 0.25) is 5.75 Å². The van der Waals surface area contributed by atoms with Crippen LogP contribution in [0.25, 0.3) is 21.9 Å². The fourth-order valence-electron chi connectivity index (χ4n) is 2.57. The predicted molar refractivity (Wildman–Crippen MR) is 101 cm³/mol. The van der Waals surface area contributed by atoms with Gasteiger partial charge in [0.15, 0.2) is 16.6 Å². The molecule has 3 rings (SSSR count). The van der Waals surface area contributed by atoms with Gasteiger partial charge in [-0.3, -0.25) is 9.59 Å². The molecule has 0 unspecified atom stereocenters. The lowest BCUT2D eigenvalue weighted by atomic mass is 10.1. The van der Waals surface area contributed by atoms with E-state index < -0.39 is 12.0 Å². The fourth-order valence-corrected chi connectivity index (χ4v) is 2.57. The van der Waals surface area contributed by atoms with Crippen LogP contribution in [-0.4, -0.2) is 31.3 Å². The minimum absolute atomic E-state index is 0.0208. The number of methoxy groups -OCH3 is 2. The average Bonchev–Trinajstić information content (AvgIpc) is 3.08. The van der Waals surface area contributed by atoms with Crippen molar-refractivity contribution in [1.82, 2.24) is 0 Å². The van der Waals surface area contributed by atoms with Gasteiger partial charge in [0, 0.05) is 6.07 Å². The number of nitrogens with two attached hydrogens (primary N) is 1. The van der Waals surface area contributed by atoms with Gasteiger partial charge in [-0.15, -0.1) is 0 Å². The Kier molecular flexibility index (Phi) is 6.12. The lowest BCUT2D eigenvalue weighted by Gasteiger charge is -2.10. The van der Waals surface area contributed by atoms with Crippen LogP contribution in [0.2, 0.25) is 0 Å². The van der Waals surface area contributed by atoms with Gasteiger partial charge in [0.25, 0.3) is 0 Å². The van der Waals surface area contributed by atoms with E-state index in [-0.39, 0.29) is 11.3 Å². The van der Waals surface area contributed by atoms with Crippen LogP contribution < -0.4 is 20.6 Å². The zero-order valence-electron chi connectivity index (χ0n) is 15.9. The second-order valence-corrected chi connectivity index (χ2v) is 6.26. The smallest absolute Gasteiger partial charge is 0.320 e. The number of hydrogen-bond donors (Lipinski definition) is 2. The third kappa shape index (κ3) is 3.90. The number of fused-ring (bicyclic) bond motifs is 2. The van der Waals surface area contributed by atoms with Gasteiger partial charge in [0.1, 0.15) is 22.9 Å². The summed E-state index contributed by atoms with van der Waals surface area (Å²) < 4.78 is 21.7. The molecule has 2 heterocycles. The number of ether oxygens (including phenoxy) is 2. The highest BCUT2D eigenvalue weighted by Crippen LogP contribution is 2.41.